The molecule has 0 aliphatic rings. The fraction of sp³-hybridized carbons (Fsp3) is 0.917. The first-order chi connectivity index (χ1) is 9.77. The minimum Gasteiger partial charge on any atom is -0.430 e. The standard InChI is InChI=1S/C12H22F2O7/c1-5-12(17,20-6-2)8(14)10(16)21-11(19-4)7(13)9(15)18-3/h7-9,11,15,17H,5-6H2,1-4H3. The third kappa shape index (κ3) is 5.44. The Morgan fingerprint density at radius 2 is 1.81 bits per heavy atom. The summed E-state index contributed by atoms with van der Waals surface area (Å²) in [6.07, 6.45) is -8.86. The second kappa shape index (κ2) is 9.21. The molecule has 0 spiro atoms. The molecule has 5 unspecified atom stereocenters. The van der Waals surface area contributed by atoms with Crippen molar-refractivity contribution in [2.24, 2.45) is 0 Å². The summed E-state index contributed by atoms with van der Waals surface area (Å²) in [5, 5.41) is 19.0. The van der Waals surface area contributed by atoms with Crippen molar-refractivity contribution in [2.75, 3.05) is 20.8 Å². The van der Waals surface area contributed by atoms with Crippen LogP contribution in [0, 0.1) is 0 Å². The monoisotopic (exact) mass is 316 g/mol. The highest BCUT2D eigenvalue weighted by molar-refractivity contribution is 5.75. The molecule has 7 nitrogen and oxygen atoms in total. The van der Waals surface area contributed by atoms with Crippen LogP contribution in [0.15, 0.2) is 0 Å². The minimum atomic E-state index is -2.56. The molecule has 0 heterocycles. The number of rotatable bonds is 10. The summed E-state index contributed by atoms with van der Waals surface area (Å²) in [6, 6.07) is 0. The fourth-order valence-corrected chi connectivity index (χ4v) is 1.47. The molecule has 0 bridgehead atoms. The summed E-state index contributed by atoms with van der Waals surface area (Å²) in [5.41, 5.74) is 0. The lowest BCUT2D eigenvalue weighted by Crippen LogP contribution is -2.49. The van der Waals surface area contributed by atoms with E-state index in [-0.39, 0.29) is 13.0 Å². The molecule has 0 aromatic heterocycles. The van der Waals surface area contributed by atoms with Gasteiger partial charge < -0.3 is 29.2 Å². The van der Waals surface area contributed by atoms with E-state index in [1.54, 1.807) is 0 Å². The Kier molecular flexibility index (Phi) is 8.83. The van der Waals surface area contributed by atoms with Crippen molar-refractivity contribution >= 4 is 5.97 Å². The first-order valence-electron chi connectivity index (χ1n) is 6.35. The summed E-state index contributed by atoms with van der Waals surface area (Å²) in [4.78, 5) is 11.6. The maximum absolute atomic E-state index is 14.0. The molecular weight excluding hydrogens is 294 g/mol. The van der Waals surface area contributed by atoms with Crippen molar-refractivity contribution in [3.63, 3.8) is 0 Å². The van der Waals surface area contributed by atoms with E-state index >= 15 is 0 Å². The van der Waals surface area contributed by atoms with Crippen LogP contribution in [0.25, 0.3) is 0 Å². The van der Waals surface area contributed by atoms with Crippen LogP contribution in [0.4, 0.5) is 8.78 Å². The molecule has 0 aliphatic heterocycles. The zero-order valence-corrected chi connectivity index (χ0v) is 12.4. The number of esters is 1. The average Bonchev–Trinajstić information content (AvgIpc) is 2.49. The number of aliphatic hydroxyl groups is 2. The Labute approximate surface area is 121 Å². The van der Waals surface area contributed by atoms with Crippen molar-refractivity contribution in [2.45, 2.75) is 51.0 Å². The van der Waals surface area contributed by atoms with Gasteiger partial charge in [0, 0.05) is 27.2 Å². The van der Waals surface area contributed by atoms with Crippen molar-refractivity contribution in [1.29, 1.82) is 0 Å². The highest BCUT2D eigenvalue weighted by atomic mass is 19.1. The van der Waals surface area contributed by atoms with Gasteiger partial charge in [0.15, 0.2) is 6.29 Å². The summed E-state index contributed by atoms with van der Waals surface area (Å²) in [7, 11) is 2.02. The Hall–Kier alpha value is -0.870. The van der Waals surface area contributed by atoms with Crippen molar-refractivity contribution in [3.8, 4) is 0 Å². The van der Waals surface area contributed by atoms with Gasteiger partial charge in [-0.1, -0.05) is 6.92 Å². The summed E-state index contributed by atoms with van der Waals surface area (Å²) in [6.45, 7) is 2.86. The van der Waals surface area contributed by atoms with Crippen LogP contribution in [-0.2, 0) is 23.7 Å². The number of carbonyl (C=O) groups excluding carboxylic acids is 1. The van der Waals surface area contributed by atoms with Crippen LogP contribution in [0.5, 0.6) is 0 Å². The van der Waals surface area contributed by atoms with Gasteiger partial charge in [-0.2, -0.15) is 0 Å². The van der Waals surface area contributed by atoms with Crippen molar-refractivity contribution in [1.82, 2.24) is 0 Å². The molecule has 0 saturated carbocycles. The molecule has 0 rings (SSSR count). The third-order valence-electron chi connectivity index (χ3n) is 2.74. The van der Waals surface area contributed by atoms with Gasteiger partial charge >= 0.3 is 5.97 Å². The SMILES string of the molecule is CCOC(O)(CC)C(F)C(=O)OC(OC)C(F)C(O)OC. The lowest BCUT2D eigenvalue weighted by Gasteiger charge is -2.30. The third-order valence-corrected chi connectivity index (χ3v) is 2.74. The first-order valence-corrected chi connectivity index (χ1v) is 6.35. The van der Waals surface area contributed by atoms with Gasteiger partial charge in [0.2, 0.25) is 24.4 Å². The Morgan fingerprint density at radius 1 is 1.24 bits per heavy atom. The number of ether oxygens (including phenoxy) is 4. The molecule has 0 radical (unpaired) electrons. The van der Waals surface area contributed by atoms with Crippen LogP contribution < -0.4 is 0 Å². The van der Waals surface area contributed by atoms with Crippen LogP contribution in [0.3, 0.4) is 0 Å². The summed E-state index contributed by atoms with van der Waals surface area (Å²) in [5.74, 6) is -3.96. The fourth-order valence-electron chi connectivity index (χ4n) is 1.47. The lowest BCUT2D eigenvalue weighted by atomic mass is 10.1. The Bertz CT molecular complexity index is 318. The van der Waals surface area contributed by atoms with Gasteiger partial charge in [-0.05, 0) is 6.92 Å². The highest BCUT2D eigenvalue weighted by Crippen LogP contribution is 2.23. The van der Waals surface area contributed by atoms with E-state index in [4.69, 9.17) is 9.84 Å². The maximum atomic E-state index is 14.0. The Morgan fingerprint density at radius 3 is 2.19 bits per heavy atom. The number of hydrogen-bond acceptors (Lipinski definition) is 7. The first kappa shape index (κ1) is 20.1. The van der Waals surface area contributed by atoms with E-state index in [9.17, 15) is 18.7 Å². The zero-order valence-electron chi connectivity index (χ0n) is 12.4. The van der Waals surface area contributed by atoms with E-state index in [2.05, 4.69) is 14.2 Å². The molecule has 5 atom stereocenters. The van der Waals surface area contributed by atoms with Gasteiger partial charge in [-0.15, -0.1) is 0 Å². The predicted molar refractivity (Wildman–Crippen MR) is 66.6 cm³/mol. The number of alkyl halides is 2. The van der Waals surface area contributed by atoms with Crippen LogP contribution in [-0.4, -0.2) is 67.7 Å². The highest BCUT2D eigenvalue weighted by Gasteiger charge is 2.45. The normalized spacial score (nSPS) is 20.2. The molecule has 0 aromatic carbocycles. The second-order valence-corrected chi connectivity index (χ2v) is 4.11. The molecule has 0 aromatic rings. The molecule has 0 amide bonds. The van der Waals surface area contributed by atoms with E-state index < -0.39 is 36.7 Å². The topological polar surface area (TPSA) is 94.5 Å². The van der Waals surface area contributed by atoms with Crippen LogP contribution >= 0.6 is 0 Å². The van der Waals surface area contributed by atoms with E-state index in [1.165, 1.54) is 13.8 Å². The molecule has 126 valence electrons. The molecule has 21 heavy (non-hydrogen) atoms. The van der Waals surface area contributed by atoms with Gasteiger partial charge in [0.25, 0.3) is 0 Å². The quantitative estimate of drug-likeness (QED) is 0.441. The van der Waals surface area contributed by atoms with E-state index in [1.807, 2.05) is 0 Å². The smallest absolute Gasteiger partial charge is 0.348 e. The summed E-state index contributed by atoms with van der Waals surface area (Å²) < 4.78 is 45.6. The Balaban J connectivity index is 4.84. The molecular formula is C12H22F2O7. The number of carbonyl (C=O) groups is 1. The van der Waals surface area contributed by atoms with E-state index in [0.717, 1.165) is 14.2 Å². The number of methoxy groups -OCH3 is 2. The molecule has 2 N–H and O–H groups in total. The average molecular weight is 316 g/mol. The van der Waals surface area contributed by atoms with E-state index in [0.29, 0.717) is 0 Å². The zero-order chi connectivity index (χ0) is 16.6. The largest absolute Gasteiger partial charge is 0.430 e. The van der Waals surface area contributed by atoms with Crippen LogP contribution in [0.1, 0.15) is 20.3 Å². The second-order valence-electron chi connectivity index (χ2n) is 4.11. The van der Waals surface area contributed by atoms with Crippen LogP contribution in [0.2, 0.25) is 0 Å². The van der Waals surface area contributed by atoms with Crippen molar-refractivity contribution < 1.29 is 42.7 Å². The van der Waals surface area contributed by atoms with Gasteiger partial charge in [-0.25, -0.2) is 13.6 Å². The maximum Gasteiger partial charge on any atom is 0.348 e. The lowest BCUT2D eigenvalue weighted by molar-refractivity contribution is -0.259. The van der Waals surface area contributed by atoms with Gasteiger partial charge in [-0.3, -0.25) is 0 Å². The van der Waals surface area contributed by atoms with Gasteiger partial charge in [0.1, 0.15) is 0 Å². The molecule has 0 fully saturated rings. The number of aliphatic hydroxyl groups excluding tert-OH is 1. The van der Waals surface area contributed by atoms with Gasteiger partial charge in [0.05, 0.1) is 0 Å². The predicted octanol–water partition coefficient (Wildman–Crippen LogP) is 0.278. The number of hydrogen-bond donors (Lipinski definition) is 2. The summed E-state index contributed by atoms with van der Waals surface area (Å²) >= 11 is 0. The molecule has 9 heteroatoms. The molecule has 0 saturated heterocycles. The number of halogens is 2. The van der Waals surface area contributed by atoms with Crippen molar-refractivity contribution in [3.05, 3.63) is 0 Å². The minimum absolute atomic E-state index is 0.0418. The molecule has 0 aliphatic carbocycles.